The summed E-state index contributed by atoms with van der Waals surface area (Å²) in [5.41, 5.74) is 1.46. The van der Waals surface area contributed by atoms with E-state index in [-0.39, 0.29) is 0 Å². The Kier molecular flexibility index (Phi) is 14.5. The van der Waals surface area contributed by atoms with E-state index in [0.29, 0.717) is 0 Å². The summed E-state index contributed by atoms with van der Waals surface area (Å²) in [6.07, 6.45) is 0. The van der Waals surface area contributed by atoms with Crippen LogP contribution in [0.2, 0.25) is 0 Å². The van der Waals surface area contributed by atoms with Gasteiger partial charge < -0.3 is 9.14 Å². The fourth-order valence-corrected chi connectivity index (χ4v) is 1.98. The van der Waals surface area contributed by atoms with Crippen LogP contribution < -0.4 is 4.66 Å². The third-order valence-electron chi connectivity index (χ3n) is 3.37. The van der Waals surface area contributed by atoms with Crippen LogP contribution >= 0.6 is 11.9 Å². The van der Waals surface area contributed by atoms with Gasteiger partial charge in [-0.3, -0.25) is 0 Å². The molecule has 1 aromatic rings. The minimum atomic E-state index is -3.79. The van der Waals surface area contributed by atoms with Gasteiger partial charge in [0.25, 0.3) is 0 Å². The molecule has 0 bridgehead atoms. The Hall–Kier alpha value is -0.638. The van der Waals surface area contributed by atoms with Gasteiger partial charge in [-0.15, -0.1) is 0 Å². The van der Waals surface area contributed by atoms with Gasteiger partial charge in [0.15, 0.2) is 0 Å². The second-order valence-electron chi connectivity index (χ2n) is 4.14. The zero-order chi connectivity index (χ0) is 16.0. The van der Waals surface area contributed by atoms with Gasteiger partial charge in [0, 0.05) is 5.56 Å². The molecule has 0 aliphatic heterocycles. The van der Waals surface area contributed by atoms with Gasteiger partial charge >= 0.3 is 25.4 Å². The molecule has 0 spiro atoms. The third kappa shape index (κ3) is 10.2. The summed E-state index contributed by atoms with van der Waals surface area (Å²) >= 11 is -0.403. The van der Waals surface area contributed by atoms with Crippen LogP contribution in [0, 0.1) is 0 Å². The summed E-state index contributed by atoms with van der Waals surface area (Å²) < 4.78 is 34.5. The van der Waals surface area contributed by atoms with Crippen molar-refractivity contribution in [3.8, 4) is 0 Å². The van der Waals surface area contributed by atoms with Crippen LogP contribution in [-0.4, -0.2) is 24.1 Å². The van der Waals surface area contributed by atoms with E-state index < -0.39 is 14.0 Å². The Morgan fingerprint density at radius 1 is 0.950 bits per heavy atom. The van der Waals surface area contributed by atoms with E-state index in [9.17, 15) is 0 Å². The molecule has 20 heavy (non-hydrogen) atoms. The first kappa shape index (κ1) is 21.7. The molecule has 0 amide bonds. The van der Waals surface area contributed by atoms with Crippen LogP contribution in [0.3, 0.4) is 0 Å². The fraction of sp³-hybridized carbons (Fsp3) is 0.538. The standard InChI is InChI=1S/C13H22N.ClO.Cr.3O/c1-4-14(5-2,6-3)12-13-10-8-7-9-11-13;1-2;;;;/h7-11H,4-6,12H2,1-3H3;;;;;/q+1;-1;;;;. The van der Waals surface area contributed by atoms with Gasteiger partial charge in [0.05, 0.1) is 19.6 Å². The molecule has 116 valence electrons. The van der Waals surface area contributed by atoms with Crippen molar-refractivity contribution < 1.29 is 34.5 Å². The van der Waals surface area contributed by atoms with Crippen molar-refractivity contribution in [2.45, 2.75) is 27.3 Å². The minimum absolute atomic E-state index is 1.17. The van der Waals surface area contributed by atoms with E-state index in [2.05, 4.69) is 63.0 Å². The number of nitrogens with zero attached hydrogens (tertiary/aromatic N) is 1. The van der Waals surface area contributed by atoms with Crippen LogP contribution in [0.1, 0.15) is 26.3 Å². The number of rotatable bonds is 5. The zero-order valence-electron chi connectivity index (χ0n) is 12.1. The number of quaternary nitrogens is 1. The van der Waals surface area contributed by atoms with E-state index in [0.717, 1.165) is 0 Å². The van der Waals surface area contributed by atoms with Gasteiger partial charge in [0.2, 0.25) is 0 Å². The molecule has 0 aliphatic rings. The first-order valence-corrected chi connectivity index (χ1v) is 8.17. The van der Waals surface area contributed by atoms with Crippen molar-refractivity contribution in [1.82, 2.24) is 0 Å². The van der Waals surface area contributed by atoms with Crippen molar-refractivity contribution in [2.24, 2.45) is 0 Å². The number of halogens is 1. The van der Waals surface area contributed by atoms with Crippen molar-refractivity contribution >= 4 is 11.9 Å². The molecule has 0 atom stereocenters. The van der Waals surface area contributed by atoms with Crippen LogP contribution in [0.4, 0.5) is 0 Å². The summed E-state index contributed by atoms with van der Waals surface area (Å²) in [5.74, 6) is 0. The van der Waals surface area contributed by atoms with Gasteiger partial charge in [-0.25, -0.2) is 11.9 Å². The van der Waals surface area contributed by atoms with E-state index in [1.165, 1.54) is 36.2 Å². The summed E-state index contributed by atoms with van der Waals surface area (Å²) in [7, 11) is 0. The molecule has 1 rings (SSSR count). The van der Waals surface area contributed by atoms with Crippen LogP contribution in [0.5, 0.6) is 0 Å². The van der Waals surface area contributed by atoms with Gasteiger partial charge in [-0.05, 0) is 20.8 Å². The summed E-state index contributed by atoms with van der Waals surface area (Å²) in [6, 6.07) is 10.8. The molecule has 0 fully saturated rings. The van der Waals surface area contributed by atoms with Crippen molar-refractivity contribution in [1.29, 1.82) is 0 Å². The van der Waals surface area contributed by atoms with E-state index in [4.69, 9.17) is 16.1 Å². The van der Waals surface area contributed by atoms with Gasteiger partial charge in [-0.1, -0.05) is 30.3 Å². The molecule has 0 N–H and O–H groups in total. The molecule has 0 unspecified atom stereocenters. The number of benzene rings is 1. The maximum atomic E-state index is 8.54. The first-order valence-electron chi connectivity index (χ1n) is 6.30. The van der Waals surface area contributed by atoms with E-state index in [1.54, 1.807) is 0 Å². The molecule has 0 aromatic heterocycles. The number of hydrogen-bond donors (Lipinski definition) is 0. The SMILES string of the molecule is CC[N+](CC)(CC)Cc1ccccc1.[O-]Cl.[O]=[Cr](=[O])=[O]. The van der Waals surface area contributed by atoms with Crippen LogP contribution in [0.25, 0.3) is 0 Å². The molecule has 5 nitrogen and oxygen atoms in total. The molecular formula is C13H22ClCrNO4. The third-order valence-corrected chi connectivity index (χ3v) is 3.37. The normalized spacial score (nSPS) is 9.65. The maximum absolute atomic E-state index is 8.54. The van der Waals surface area contributed by atoms with Crippen molar-refractivity contribution in [2.75, 3.05) is 19.6 Å². The fourth-order valence-electron chi connectivity index (χ4n) is 1.98. The van der Waals surface area contributed by atoms with Crippen molar-refractivity contribution in [3.63, 3.8) is 0 Å². The molecule has 0 aliphatic carbocycles. The molecule has 1 aromatic carbocycles. The first-order chi connectivity index (χ1) is 9.49. The summed E-state index contributed by atoms with van der Waals surface area (Å²) in [5, 5.41) is 0. The Labute approximate surface area is 129 Å². The second-order valence-corrected chi connectivity index (χ2v) is 4.78. The van der Waals surface area contributed by atoms with Gasteiger partial charge in [-0.2, -0.15) is 0 Å². The molecule has 7 heteroatoms. The summed E-state index contributed by atoms with van der Waals surface area (Å²) in [6.45, 7) is 11.7. The zero-order valence-corrected chi connectivity index (χ0v) is 14.1. The Morgan fingerprint density at radius 3 is 1.60 bits per heavy atom. The Morgan fingerprint density at radius 2 is 1.30 bits per heavy atom. The molecule has 0 radical (unpaired) electrons. The molecule has 0 saturated carbocycles. The van der Waals surface area contributed by atoms with Gasteiger partial charge in [0.1, 0.15) is 6.54 Å². The van der Waals surface area contributed by atoms with Crippen LogP contribution in [0.15, 0.2) is 30.3 Å². The number of hydrogen-bond acceptors (Lipinski definition) is 4. The molecule has 0 saturated heterocycles. The van der Waals surface area contributed by atoms with Crippen LogP contribution in [-0.2, 0) is 31.9 Å². The molecule has 0 heterocycles. The molecular weight excluding hydrogens is 322 g/mol. The van der Waals surface area contributed by atoms with E-state index in [1.807, 2.05) is 0 Å². The van der Waals surface area contributed by atoms with E-state index >= 15 is 0 Å². The Balaban J connectivity index is 0. The average Bonchev–Trinajstić information content (AvgIpc) is 2.47. The predicted octanol–water partition coefficient (Wildman–Crippen LogP) is 2.20. The predicted molar refractivity (Wildman–Crippen MR) is 69.9 cm³/mol. The Bertz CT molecular complexity index is 417. The summed E-state index contributed by atoms with van der Waals surface area (Å²) in [4.78, 5) is 0. The average molecular weight is 344 g/mol. The van der Waals surface area contributed by atoms with Crippen molar-refractivity contribution in [3.05, 3.63) is 35.9 Å². The second kappa shape index (κ2) is 13.4. The topological polar surface area (TPSA) is 74.3 Å². The monoisotopic (exact) mass is 343 g/mol. The quantitative estimate of drug-likeness (QED) is 0.768.